The number of rotatable bonds is 3. The number of amides is 1. The van der Waals surface area contributed by atoms with E-state index in [2.05, 4.69) is 26.2 Å². The van der Waals surface area contributed by atoms with Gasteiger partial charge in [-0.05, 0) is 41.3 Å². The van der Waals surface area contributed by atoms with Crippen LogP contribution in [0.15, 0.2) is 16.7 Å². The van der Waals surface area contributed by atoms with Gasteiger partial charge in [0.1, 0.15) is 5.69 Å². The first-order valence-corrected chi connectivity index (χ1v) is 6.29. The van der Waals surface area contributed by atoms with Crippen molar-refractivity contribution in [2.45, 2.75) is 25.4 Å². The van der Waals surface area contributed by atoms with Crippen LogP contribution in [0.25, 0.3) is 0 Å². The van der Waals surface area contributed by atoms with E-state index in [0.717, 1.165) is 23.9 Å². The summed E-state index contributed by atoms with van der Waals surface area (Å²) in [6.45, 7) is 1.41. The van der Waals surface area contributed by atoms with Crippen LogP contribution >= 0.6 is 15.9 Å². The highest BCUT2D eigenvalue weighted by Gasteiger charge is 2.15. The fourth-order valence-electron chi connectivity index (χ4n) is 1.77. The molecule has 2 N–H and O–H groups in total. The molecule has 4 nitrogen and oxygen atoms in total. The maximum Gasteiger partial charge on any atom is 0.267 e. The van der Waals surface area contributed by atoms with Crippen LogP contribution in [0.2, 0.25) is 0 Å². The summed E-state index contributed by atoms with van der Waals surface area (Å²) in [7, 11) is 0. The van der Waals surface area contributed by atoms with E-state index in [0.29, 0.717) is 12.2 Å². The molecule has 1 atom stereocenters. The van der Waals surface area contributed by atoms with Gasteiger partial charge in [-0.1, -0.05) is 0 Å². The Kier molecular flexibility index (Phi) is 4.01. The smallest absolute Gasteiger partial charge is 0.267 e. The molecule has 1 unspecified atom stereocenters. The van der Waals surface area contributed by atoms with E-state index in [1.54, 1.807) is 12.3 Å². The first kappa shape index (κ1) is 11.7. The number of ether oxygens (including phenoxy) is 1. The summed E-state index contributed by atoms with van der Waals surface area (Å²) < 4.78 is 6.42. The van der Waals surface area contributed by atoms with Crippen molar-refractivity contribution in [1.82, 2.24) is 10.3 Å². The van der Waals surface area contributed by atoms with Crippen molar-refractivity contribution in [3.05, 3.63) is 22.4 Å². The lowest BCUT2D eigenvalue weighted by molar-refractivity contribution is 0.0168. The molecule has 2 rings (SSSR count). The lowest BCUT2D eigenvalue weighted by atomic mass is 10.1. The van der Waals surface area contributed by atoms with Gasteiger partial charge in [0, 0.05) is 23.8 Å². The normalized spacial score (nSPS) is 20.7. The Bertz CT molecular complexity index is 359. The largest absolute Gasteiger partial charge is 0.376 e. The molecule has 1 aromatic heterocycles. The third-order valence-electron chi connectivity index (χ3n) is 2.66. The number of carbonyl (C=O) groups excluding carboxylic acids is 1. The van der Waals surface area contributed by atoms with Crippen LogP contribution in [0.3, 0.4) is 0 Å². The second kappa shape index (κ2) is 5.50. The first-order valence-electron chi connectivity index (χ1n) is 5.49. The molecule has 2 heterocycles. The van der Waals surface area contributed by atoms with Crippen LogP contribution in [-0.2, 0) is 4.74 Å². The summed E-state index contributed by atoms with van der Waals surface area (Å²) in [6, 6.07) is 1.76. The number of aromatic nitrogens is 1. The van der Waals surface area contributed by atoms with Gasteiger partial charge in [-0.25, -0.2) is 0 Å². The fourth-order valence-corrected chi connectivity index (χ4v) is 2.11. The first-order chi connectivity index (χ1) is 7.75. The summed E-state index contributed by atoms with van der Waals surface area (Å²) in [5.41, 5.74) is 0.572. The van der Waals surface area contributed by atoms with Crippen molar-refractivity contribution in [2.75, 3.05) is 13.2 Å². The van der Waals surface area contributed by atoms with E-state index in [4.69, 9.17) is 4.74 Å². The van der Waals surface area contributed by atoms with Gasteiger partial charge in [-0.3, -0.25) is 4.79 Å². The lowest BCUT2D eigenvalue weighted by Crippen LogP contribution is -2.35. The Balaban J connectivity index is 1.79. The minimum absolute atomic E-state index is 0.0835. The number of hydrogen-bond acceptors (Lipinski definition) is 2. The van der Waals surface area contributed by atoms with Crippen molar-refractivity contribution in [3.63, 3.8) is 0 Å². The molecule has 0 radical (unpaired) electrons. The third kappa shape index (κ3) is 3.09. The van der Waals surface area contributed by atoms with Gasteiger partial charge in [0.05, 0.1) is 6.10 Å². The summed E-state index contributed by atoms with van der Waals surface area (Å²) in [6.07, 6.45) is 5.28. The highest BCUT2D eigenvalue weighted by Crippen LogP contribution is 2.13. The minimum Gasteiger partial charge on any atom is -0.376 e. The summed E-state index contributed by atoms with van der Waals surface area (Å²) in [5.74, 6) is -0.0835. The monoisotopic (exact) mass is 286 g/mol. The van der Waals surface area contributed by atoms with E-state index in [9.17, 15) is 4.79 Å². The molecule has 0 saturated carbocycles. The van der Waals surface area contributed by atoms with Crippen molar-refractivity contribution in [3.8, 4) is 0 Å². The van der Waals surface area contributed by atoms with Gasteiger partial charge < -0.3 is 15.0 Å². The number of nitrogens with one attached hydrogen (secondary N) is 2. The Hall–Kier alpha value is -0.810. The maximum atomic E-state index is 11.7. The van der Waals surface area contributed by atoms with Crippen LogP contribution in [0.1, 0.15) is 29.8 Å². The van der Waals surface area contributed by atoms with Crippen LogP contribution < -0.4 is 5.32 Å². The third-order valence-corrected chi connectivity index (χ3v) is 3.11. The molecule has 0 spiro atoms. The molecular formula is C11H15BrN2O2. The van der Waals surface area contributed by atoms with Gasteiger partial charge >= 0.3 is 0 Å². The standard InChI is InChI=1S/C11H15BrN2O2/c12-8-5-10(13-6-8)11(15)14-7-9-3-1-2-4-16-9/h5-6,9,13H,1-4,7H2,(H,14,15). The number of carbonyl (C=O) groups is 1. The van der Waals surface area contributed by atoms with Gasteiger partial charge in [-0.15, -0.1) is 0 Å². The van der Waals surface area contributed by atoms with Crippen LogP contribution in [-0.4, -0.2) is 30.1 Å². The highest BCUT2D eigenvalue weighted by molar-refractivity contribution is 9.10. The molecule has 0 aliphatic carbocycles. The molecule has 1 fully saturated rings. The second-order valence-electron chi connectivity index (χ2n) is 3.93. The quantitative estimate of drug-likeness (QED) is 0.894. The molecule has 1 aliphatic rings. The maximum absolute atomic E-state index is 11.7. The van der Waals surface area contributed by atoms with Crippen molar-refractivity contribution >= 4 is 21.8 Å². The van der Waals surface area contributed by atoms with Gasteiger partial charge in [0.15, 0.2) is 0 Å². The Morgan fingerprint density at radius 2 is 2.50 bits per heavy atom. The van der Waals surface area contributed by atoms with Crippen LogP contribution in [0.4, 0.5) is 0 Å². The molecule has 1 saturated heterocycles. The Morgan fingerprint density at radius 3 is 3.12 bits per heavy atom. The molecule has 0 aromatic carbocycles. The average molecular weight is 287 g/mol. The van der Waals surface area contributed by atoms with Gasteiger partial charge in [0.2, 0.25) is 0 Å². The number of hydrogen-bond donors (Lipinski definition) is 2. The summed E-state index contributed by atoms with van der Waals surface area (Å²) in [5, 5.41) is 2.87. The van der Waals surface area contributed by atoms with E-state index in [-0.39, 0.29) is 12.0 Å². The zero-order valence-electron chi connectivity index (χ0n) is 8.96. The zero-order chi connectivity index (χ0) is 11.4. The van der Waals surface area contributed by atoms with E-state index in [1.165, 1.54) is 6.42 Å². The molecular weight excluding hydrogens is 272 g/mol. The van der Waals surface area contributed by atoms with E-state index < -0.39 is 0 Å². The Morgan fingerprint density at radius 1 is 1.62 bits per heavy atom. The van der Waals surface area contributed by atoms with Crippen LogP contribution in [0.5, 0.6) is 0 Å². The van der Waals surface area contributed by atoms with E-state index >= 15 is 0 Å². The molecule has 0 bridgehead atoms. The number of H-pyrrole nitrogens is 1. The van der Waals surface area contributed by atoms with Crippen molar-refractivity contribution in [2.24, 2.45) is 0 Å². The number of halogens is 1. The molecule has 88 valence electrons. The van der Waals surface area contributed by atoms with Gasteiger partial charge in [0.25, 0.3) is 5.91 Å². The predicted octanol–water partition coefficient (Wildman–Crippen LogP) is 2.08. The summed E-state index contributed by atoms with van der Waals surface area (Å²) in [4.78, 5) is 14.6. The molecule has 1 amide bonds. The summed E-state index contributed by atoms with van der Waals surface area (Å²) >= 11 is 3.29. The minimum atomic E-state index is -0.0835. The highest BCUT2D eigenvalue weighted by atomic mass is 79.9. The van der Waals surface area contributed by atoms with Gasteiger partial charge in [-0.2, -0.15) is 0 Å². The molecule has 1 aliphatic heterocycles. The lowest BCUT2D eigenvalue weighted by Gasteiger charge is -2.22. The SMILES string of the molecule is O=C(NCC1CCCCO1)c1cc(Br)c[nH]1. The number of aromatic amines is 1. The topological polar surface area (TPSA) is 54.1 Å². The van der Waals surface area contributed by atoms with E-state index in [1.807, 2.05) is 0 Å². The predicted molar refractivity (Wildman–Crippen MR) is 64.4 cm³/mol. The molecule has 5 heteroatoms. The van der Waals surface area contributed by atoms with Crippen LogP contribution in [0, 0.1) is 0 Å². The van der Waals surface area contributed by atoms with Crippen molar-refractivity contribution < 1.29 is 9.53 Å². The molecule has 16 heavy (non-hydrogen) atoms. The zero-order valence-corrected chi connectivity index (χ0v) is 10.5. The average Bonchev–Trinajstić information content (AvgIpc) is 2.74. The fraction of sp³-hybridized carbons (Fsp3) is 0.545. The Labute approximate surface area is 103 Å². The second-order valence-corrected chi connectivity index (χ2v) is 4.85. The molecule has 1 aromatic rings. The van der Waals surface area contributed by atoms with Crippen molar-refractivity contribution in [1.29, 1.82) is 0 Å².